The van der Waals surface area contributed by atoms with Crippen LogP contribution >= 0.6 is 11.3 Å². The molecule has 0 saturated heterocycles. The van der Waals surface area contributed by atoms with Crippen LogP contribution in [0.15, 0.2) is 16.3 Å². The molecule has 0 amide bonds. The van der Waals surface area contributed by atoms with Crippen LogP contribution in [0.5, 0.6) is 0 Å². The van der Waals surface area contributed by atoms with E-state index in [1.807, 2.05) is 6.92 Å². The van der Waals surface area contributed by atoms with Crippen molar-refractivity contribution in [2.75, 3.05) is 0 Å². The lowest BCUT2D eigenvalue weighted by molar-refractivity contribution is 0.0698. The molecule has 1 fully saturated rings. The molecular formula is C11H15NO4S2. The van der Waals surface area contributed by atoms with Gasteiger partial charge >= 0.3 is 5.97 Å². The average molecular weight is 289 g/mol. The van der Waals surface area contributed by atoms with E-state index in [-0.39, 0.29) is 15.8 Å². The number of thiophene rings is 1. The number of carbonyl (C=O) groups is 1. The Bertz CT molecular complexity index is 545. The fraction of sp³-hybridized carbons (Fsp3) is 0.545. The zero-order chi connectivity index (χ0) is 13.3. The van der Waals surface area contributed by atoms with Crippen LogP contribution in [-0.2, 0) is 10.0 Å². The van der Waals surface area contributed by atoms with Crippen molar-refractivity contribution < 1.29 is 18.3 Å². The third-order valence-electron chi connectivity index (χ3n) is 3.31. The molecular weight excluding hydrogens is 274 g/mol. The Kier molecular flexibility index (Phi) is 3.74. The Morgan fingerprint density at radius 2 is 2.22 bits per heavy atom. The molecule has 1 aromatic rings. The number of hydrogen-bond donors (Lipinski definition) is 2. The molecule has 1 heterocycles. The van der Waals surface area contributed by atoms with Gasteiger partial charge in [0.1, 0.15) is 9.77 Å². The first-order valence-electron chi connectivity index (χ1n) is 5.75. The number of carboxylic acids is 1. The van der Waals surface area contributed by atoms with Gasteiger partial charge in [-0.25, -0.2) is 17.9 Å². The van der Waals surface area contributed by atoms with Gasteiger partial charge in [-0.3, -0.25) is 0 Å². The van der Waals surface area contributed by atoms with Gasteiger partial charge in [0, 0.05) is 6.04 Å². The van der Waals surface area contributed by atoms with E-state index in [1.165, 1.54) is 11.4 Å². The molecule has 1 atom stereocenters. The van der Waals surface area contributed by atoms with Crippen LogP contribution in [0.3, 0.4) is 0 Å². The highest BCUT2D eigenvalue weighted by Crippen LogP contribution is 2.30. The quantitative estimate of drug-likeness (QED) is 0.867. The van der Waals surface area contributed by atoms with Gasteiger partial charge in [0.15, 0.2) is 0 Å². The average Bonchev–Trinajstić information content (AvgIpc) is 2.61. The highest BCUT2D eigenvalue weighted by Gasteiger charge is 2.30. The van der Waals surface area contributed by atoms with Crippen LogP contribution in [0.2, 0.25) is 0 Å². The Hall–Kier alpha value is -0.920. The van der Waals surface area contributed by atoms with E-state index in [9.17, 15) is 13.2 Å². The van der Waals surface area contributed by atoms with E-state index in [0.29, 0.717) is 5.92 Å². The first-order valence-corrected chi connectivity index (χ1v) is 8.11. The summed E-state index contributed by atoms with van der Waals surface area (Å²) in [6.07, 6.45) is 3.19. The summed E-state index contributed by atoms with van der Waals surface area (Å²) < 4.78 is 26.8. The molecule has 0 bridgehead atoms. The van der Waals surface area contributed by atoms with Crippen molar-refractivity contribution in [3.8, 4) is 0 Å². The summed E-state index contributed by atoms with van der Waals surface area (Å²) in [6, 6.07) is 1.19. The first kappa shape index (κ1) is 13.5. The van der Waals surface area contributed by atoms with Crippen LogP contribution in [-0.4, -0.2) is 25.5 Å². The second kappa shape index (κ2) is 4.99. The van der Waals surface area contributed by atoms with Crippen molar-refractivity contribution in [3.05, 3.63) is 16.3 Å². The zero-order valence-corrected chi connectivity index (χ0v) is 11.6. The summed E-state index contributed by atoms with van der Waals surface area (Å²) in [5.74, 6) is -0.839. The largest absolute Gasteiger partial charge is 0.477 e. The lowest BCUT2D eigenvalue weighted by atomic mass is 9.81. The molecule has 1 unspecified atom stereocenters. The van der Waals surface area contributed by atoms with Gasteiger partial charge in [-0.05, 0) is 37.1 Å². The summed E-state index contributed by atoms with van der Waals surface area (Å²) in [6.45, 7) is 1.83. The molecule has 2 rings (SSSR count). The SMILES string of the molecule is CC(NS(=O)(=O)c1ccsc1C(=O)O)C1CCC1. The van der Waals surface area contributed by atoms with Crippen LogP contribution in [0.1, 0.15) is 35.9 Å². The van der Waals surface area contributed by atoms with Gasteiger partial charge < -0.3 is 5.11 Å². The van der Waals surface area contributed by atoms with Gasteiger partial charge in [0.2, 0.25) is 10.0 Å². The summed E-state index contributed by atoms with van der Waals surface area (Å²) >= 11 is 0.921. The topological polar surface area (TPSA) is 83.5 Å². The fourth-order valence-electron chi connectivity index (χ4n) is 2.01. The van der Waals surface area contributed by atoms with Crippen molar-refractivity contribution in [1.29, 1.82) is 0 Å². The van der Waals surface area contributed by atoms with Crippen molar-refractivity contribution >= 4 is 27.3 Å². The number of carboxylic acid groups (broad SMARTS) is 1. The molecule has 1 aliphatic rings. The van der Waals surface area contributed by atoms with Crippen LogP contribution in [0, 0.1) is 5.92 Å². The number of rotatable bonds is 5. The van der Waals surface area contributed by atoms with Crippen LogP contribution < -0.4 is 4.72 Å². The van der Waals surface area contributed by atoms with Gasteiger partial charge in [-0.15, -0.1) is 11.3 Å². The predicted molar refractivity (Wildman–Crippen MR) is 68.4 cm³/mol. The third kappa shape index (κ3) is 2.57. The first-order chi connectivity index (χ1) is 8.42. The highest BCUT2D eigenvalue weighted by atomic mass is 32.2. The lowest BCUT2D eigenvalue weighted by Crippen LogP contribution is -2.40. The summed E-state index contributed by atoms with van der Waals surface area (Å²) in [4.78, 5) is 10.7. The zero-order valence-electron chi connectivity index (χ0n) is 9.92. The van der Waals surface area contributed by atoms with Crippen molar-refractivity contribution in [1.82, 2.24) is 4.72 Å². The maximum absolute atomic E-state index is 12.1. The second-order valence-electron chi connectivity index (χ2n) is 4.52. The number of aromatic carboxylic acids is 1. The van der Waals surface area contributed by atoms with Crippen molar-refractivity contribution in [3.63, 3.8) is 0 Å². The minimum atomic E-state index is -3.73. The second-order valence-corrected chi connectivity index (χ2v) is 7.12. The van der Waals surface area contributed by atoms with Crippen molar-refractivity contribution in [2.24, 2.45) is 5.92 Å². The van der Waals surface area contributed by atoms with E-state index < -0.39 is 16.0 Å². The number of nitrogens with one attached hydrogen (secondary N) is 1. The van der Waals surface area contributed by atoms with Gasteiger partial charge in [0.25, 0.3) is 0 Å². The Labute approximate surface area is 110 Å². The number of sulfonamides is 1. The summed E-state index contributed by atoms with van der Waals surface area (Å²) in [7, 11) is -3.73. The van der Waals surface area contributed by atoms with E-state index >= 15 is 0 Å². The molecule has 0 aromatic carbocycles. The maximum Gasteiger partial charge on any atom is 0.347 e. The molecule has 1 saturated carbocycles. The minimum Gasteiger partial charge on any atom is -0.477 e. The van der Waals surface area contributed by atoms with Crippen molar-refractivity contribution in [2.45, 2.75) is 37.1 Å². The molecule has 100 valence electrons. The van der Waals surface area contributed by atoms with Crippen LogP contribution in [0.25, 0.3) is 0 Å². The molecule has 0 aliphatic heterocycles. The highest BCUT2D eigenvalue weighted by molar-refractivity contribution is 7.89. The Balaban J connectivity index is 2.19. The molecule has 0 spiro atoms. The molecule has 1 aromatic heterocycles. The van der Waals surface area contributed by atoms with E-state index in [2.05, 4.69) is 4.72 Å². The third-order valence-corrected chi connectivity index (χ3v) is 5.94. The summed E-state index contributed by atoms with van der Waals surface area (Å²) in [5.41, 5.74) is 0. The molecule has 1 aliphatic carbocycles. The molecule has 5 nitrogen and oxygen atoms in total. The smallest absolute Gasteiger partial charge is 0.347 e. The molecule has 18 heavy (non-hydrogen) atoms. The van der Waals surface area contributed by atoms with Crippen LogP contribution in [0.4, 0.5) is 0 Å². The summed E-state index contributed by atoms with van der Waals surface area (Å²) in [5, 5.41) is 10.4. The lowest BCUT2D eigenvalue weighted by Gasteiger charge is -2.31. The normalized spacial score (nSPS) is 18.3. The van der Waals surface area contributed by atoms with Gasteiger partial charge in [0.05, 0.1) is 0 Å². The minimum absolute atomic E-state index is 0.133. The van der Waals surface area contributed by atoms with E-state index in [4.69, 9.17) is 5.11 Å². The van der Waals surface area contributed by atoms with E-state index in [1.54, 1.807) is 0 Å². The Morgan fingerprint density at radius 3 is 2.72 bits per heavy atom. The molecule has 7 heteroatoms. The maximum atomic E-state index is 12.1. The van der Waals surface area contributed by atoms with Gasteiger partial charge in [-0.2, -0.15) is 0 Å². The van der Waals surface area contributed by atoms with Gasteiger partial charge in [-0.1, -0.05) is 6.42 Å². The fourth-order valence-corrected chi connectivity index (χ4v) is 4.58. The Morgan fingerprint density at radius 1 is 1.56 bits per heavy atom. The molecule has 0 radical (unpaired) electrons. The predicted octanol–water partition coefficient (Wildman–Crippen LogP) is 1.91. The van der Waals surface area contributed by atoms with E-state index in [0.717, 1.165) is 30.6 Å². The number of hydrogen-bond acceptors (Lipinski definition) is 4. The standard InChI is InChI=1S/C11H15NO4S2/c1-7(8-3-2-4-8)12-18(15,16)9-5-6-17-10(9)11(13)14/h5-8,12H,2-4H2,1H3,(H,13,14). The monoisotopic (exact) mass is 289 g/mol. The molecule has 2 N–H and O–H groups in total.